The first kappa shape index (κ1) is 14.1. The van der Waals surface area contributed by atoms with Crippen LogP contribution in [0.1, 0.15) is 51.1 Å². The molecule has 0 radical (unpaired) electrons. The van der Waals surface area contributed by atoms with Crippen LogP contribution in [0.2, 0.25) is 0 Å². The molecule has 0 saturated heterocycles. The molecule has 0 bridgehead atoms. The minimum Gasteiger partial charge on any atom is -0.310 e. The molecule has 0 heterocycles. The zero-order chi connectivity index (χ0) is 13.5. The van der Waals surface area contributed by atoms with Gasteiger partial charge in [0.1, 0.15) is 0 Å². The Morgan fingerprint density at radius 1 is 0.947 bits per heavy atom. The van der Waals surface area contributed by atoms with Crippen molar-refractivity contribution in [3.8, 4) is 0 Å². The van der Waals surface area contributed by atoms with Crippen LogP contribution in [0.3, 0.4) is 0 Å². The monoisotopic (exact) mass is 255 g/mol. The van der Waals surface area contributed by atoms with Gasteiger partial charge in [-0.25, -0.2) is 0 Å². The zero-order valence-electron chi connectivity index (χ0n) is 12.2. The lowest BCUT2D eigenvalue weighted by Crippen LogP contribution is -2.20. The largest absolute Gasteiger partial charge is 0.310 e. The molecule has 0 aliphatic carbocycles. The number of rotatable bonds is 7. The molecule has 2 aromatic carbocycles. The molecular formula is C18H25N. The van der Waals surface area contributed by atoms with Gasteiger partial charge in [0.05, 0.1) is 0 Å². The normalized spacial score (nSPS) is 12.7. The first-order valence-corrected chi connectivity index (χ1v) is 7.57. The van der Waals surface area contributed by atoms with Crippen molar-refractivity contribution in [2.45, 2.75) is 45.6 Å². The van der Waals surface area contributed by atoms with E-state index < -0.39 is 0 Å². The summed E-state index contributed by atoms with van der Waals surface area (Å²) in [5.41, 5.74) is 1.43. The van der Waals surface area contributed by atoms with Crippen LogP contribution in [0.15, 0.2) is 42.5 Å². The molecular weight excluding hydrogens is 230 g/mol. The smallest absolute Gasteiger partial charge is 0.0320 e. The molecule has 0 fully saturated rings. The Bertz CT molecular complexity index is 504. The minimum atomic E-state index is 0.501. The van der Waals surface area contributed by atoms with Gasteiger partial charge in [-0.3, -0.25) is 0 Å². The topological polar surface area (TPSA) is 12.0 Å². The van der Waals surface area contributed by atoms with Crippen LogP contribution in [-0.4, -0.2) is 6.54 Å². The maximum atomic E-state index is 3.62. The molecule has 102 valence electrons. The average Bonchev–Trinajstić information content (AvgIpc) is 2.46. The van der Waals surface area contributed by atoms with E-state index >= 15 is 0 Å². The molecule has 0 aliphatic heterocycles. The van der Waals surface area contributed by atoms with Gasteiger partial charge in [-0.15, -0.1) is 0 Å². The summed E-state index contributed by atoms with van der Waals surface area (Å²) >= 11 is 0. The standard InChI is InChI=1S/C18H25N/c1-3-5-6-11-18(19-4-2)17-13-12-15-9-7-8-10-16(15)14-17/h7-10,12-14,18-19H,3-6,11H2,1-2H3. The second-order valence-electron chi connectivity index (χ2n) is 5.21. The van der Waals surface area contributed by atoms with Crippen molar-refractivity contribution >= 4 is 10.8 Å². The summed E-state index contributed by atoms with van der Waals surface area (Å²) in [4.78, 5) is 0. The highest BCUT2D eigenvalue weighted by Gasteiger charge is 2.10. The molecule has 1 atom stereocenters. The molecule has 2 rings (SSSR count). The highest BCUT2D eigenvalue weighted by molar-refractivity contribution is 5.83. The van der Waals surface area contributed by atoms with E-state index in [1.807, 2.05) is 0 Å². The number of benzene rings is 2. The van der Waals surface area contributed by atoms with E-state index in [4.69, 9.17) is 0 Å². The lowest BCUT2D eigenvalue weighted by Gasteiger charge is -2.19. The van der Waals surface area contributed by atoms with Crippen LogP contribution in [0.4, 0.5) is 0 Å². The molecule has 19 heavy (non-hydrogen) atoms. The molecule has 1 unspecified atom stereocenters. The number of hydrogen-bond acceptors (Lipinski definition) is 1. The van der Waals surface area contributed by atoms with Gasteiger partial charge in [-0.05, 0) is 35.4 Å². The van der Waals surface area contributed by atoms with Crippen molar-refractivity contribution in [1.82, 2.24) is 5.32 Å². The third-order valence-electron chi connectivity index (χ3n) is 3.72. The van der Waals surface area contributed by atoms with Gasteiger partial charge < -0.3 is 5.32 Å². The third kappa shape index (κ3) is 3.81. The maximum Gasteiger partial charge on any atom is 0.0320 e. The molecule has 1 heteroatoms. The fourth-order valence-corrected chi connectivity index (χ4v) is 2.66. The summed E-state index contributed by atoms with van der Waals surface area (Å²) in [6.07, 6.45) is 5.16. The van der Waals surface area contributed by atoms with E-state index in [2.05, 4.69) is 61.6 Å². The highest BCUT2D eigenvalue weighted by Crippen LogP contribution is 2.24. The van der Waals surface area contributed by atoms with Crippen molar-refractivity contribution in [3.05, 3.63) is 48.0 Å². The van der Waals surface area contributed by atoms with Gasteiger partial charge in [-0.2, -0.15) is 0 Å². The van der Waals surface area contributed by atoms with Crippen molar-refractivity contribution < 1.29 is 0 Å². The Labute approximate surface area is 117 Å². The highest BCUT2D eigenvalue weighted by atomic mass is 14.9. The van der Waals surface area contributed by atoms with E-state index in [1.165, 1.54) is 42.0 Å². The lowest BCUT2D eigenvalue weighted by molar-refractivity contribution is 0.487. The average molecular weight is 255 g/mol. The Hall–Kier alpha value is -1.34. The Kier molecular flexibility index (Phi) is 5.41. The second kappa shape index (κ2) is 7.30. The Morgan fingerprint density at radius 3 is 2.47 bits per heavy atom. The van der Waals surface area contributed by atoms with E-state index in [-0.39, 0.29) is 0 Å². The first-order valence-electron chi connectivity index (χ1n) is 7.57. The van der Waals surface area contributed by atoms with Gasteiger partial charge in [0.25, 0.3) is 0 Å². The number of unbranched alkanes of at least 4 members (excludes halogenated alkanes) is 2. The predicted molar refractivity (Wildman–Crippen MR) is 84.5 cm³/mol. The van der Waals surface area contributed by atoms with Gasteiger partial charge in [0, 0.05) is 6.04 Å². The zero-order valence-corrected chi connectivity index (χ0v) is 12.2. The molecule has 0 amide bonds. The molecule has 1 N–H and O–H groups in total. The van der Waals surface area contributed by atoms with Crippen molar-refractivity contribution in [1.29, 1.82) is 0 Å². The van der Waals surface area contributed by atoms with E-state index in [1.54, 1.807) is 0 Å². The Morgan fingerprint density at radius 2 is 1.74 bits per heavy atom. The number of nitrogens with one attached hydrogen (secondary N) is 1. The molecule has 0 saturated carbocycles. The van der Waals surface area contributed by atoms with Crippen molar-refractivity contribution in [2.24, 2.45) is 0 Å². The SMILES string of the molecule is CCCCCC(NCC)c1ccc2ccccc2c1. The van der Waals surface area contributed by atoms with Crippen molar-refractivity contribution in [2.75, 3.05) is 6.54 Å². The maximum absolute atomic E-state index is 3.62. The van der Waals surface area contributed by atoms with Crippen molar-refractivity contribution in [3.63, 3.8) is 0 Å². The Balaban J connectivity index is 2.17. The van der Waals surface area contributed by atoms with Crippen LogP contribution in [0.5, 0.6) is 0 Å². The first-order chi connectivity index (χ1) is 9.35. The summed E-state index contributed by atoms with van der Waals surface area (Å²) in [5, 5.41) is 6.30. The second-order valence-corrected chi connectivity index (χ2v) is 5.21. The van der Waals surface area contributed by atoms with Crippen LogP contribution < -0.4 is 5.32 Å². The summed E-state index contributed by atoms with van der Waals surface area (Å²) in [6, 6.07) is 16.0. The van der Waals surface area contributed by atoms with Crippen LogP contribution in [-0.2, 0) is 0 Å². The summed E-state index contributed by atoms with van der Waals surface area (Å²) in [6.45, 7) is 5.48. The minimum absolute atomic E-state index is 0.501. The number of fused-ring (bicyclic) bond motifs is 1. The summed E-state index contributed by atoms with van der Waals surface area (Å²) < 4.78 is 0. The van der Waals surface area contributed by atoms with Crippen LogP contribution in [0.25, 0.3) is 10.8 Å². The summed E-state index contributed by atoms with van der Waals surface area (Å²) in [7, 11) is 0. The van der Waals surface area contributed by atoms with E-state index in [9.17, 15) is 0 Å². The van der Waals surface area contributed by atoms with Crippen LogP contribution in [0, 0.1) is 0 Å². The molecule has 2 aromatic rings. The lowest BCUT2D eigenvalue weighted by atomic mass is 9.97. The predicted octanol–water partition coefficient (Wildman–Crippen LogP) is 5.07. The fourth-order valence-electron chi connectivity index (χ4n) is 2.66. The molecule has 1 nitrogen and oxygen atoms in total. The fraction of sp³-hybridized carbons (Fsp3) is 0.444. The quantitative estimate of drug-likeness (QED) is 0.681. The van der Waals surface area contributed by atoms with Gasteiger partial charge in [-0.1, -0.05) is 69.5 Å². The van der Waals surface area contributed by atoms with Crippen LogP contribution >= 0.6 is 0 Å². The molecule has 0 spiro atoms. The van der Waals surface area contributed by atoms with Gasteiger partial charge >= 0.3 is 0 Å². The summed E-state index contributed by atoms with van der Waals surface area (Å²) in [5.74, 6) is 0. The van der Waals surface area contributed by atoms with Gasteiger partial charge in [0.2, 0.25) is 0 Å². The molecule has 0 aliphatic rings. The van der Waals surface area contributed by atoms with E-state index in [0.29, 0.717) is 6.04 Å². The van der Waals surface area contributed by atoms with Gasteiger partial charge in [0.15, 0.2) is 0 Å². The molecule has 0 aromatic heterocycles. The van der Waals surface area contributed by atoms with E-state index in [0.717, 1.165) is 6.54 Å². The third-order valence-corrected chi connectivity index (χ3v) is 3.72. The number of hydrogen-bond donors (Lipinski definition) is 1.